The molecular formula is C10H13N3S2. The molecule has 1 aliphatic rings. The molecule has 5 heteroatoms. The number of nitriles is 1. The lowest BCUT2D eigenvalue weighted by Gasteiger charge is -2.12. The van der Waals surface area contributed by atoms with Crippen molar-refractivity contribution >= 4 is 28.3 Å². The molecule has 0 amide bonds. The zero-order valence-corrected chi connectivity index (χ0v) is 10.5. The first-order valence-electron chi connectivity index (χ1n) is 4.86. The summed E-state index contributed by atoms with van der Waals surface area (Å²) in [6, 6.07) is 2.20. The topological polar surface area (TPSA) is 48.7 Å². The van der Waals surface area contributed by atoms with Crippen LogP contribution in [-0.2, 0) is 0 Å². The van der Waals surface area contributed by atoms with E-state index in [9.17, 15) is 0 Å². The molecule has 0 aliphatic heterocycles. The summed E-state index contributed by atoms with van der Waals surface area (Å²) >= 11 is 3.30. The van der Waals surface area contributed by atoms with Crippen LogP contribution in [0.5, 0.6) is 0 Å². The lowest BCUT2D eigenvalue weighted by Crippen LogP contribution is -2.17. The molecular weight excluding hydrogens is 226 g/mol. The Morgan fingerprint density at radius 1 is 1.67 bits per heavy atom. The second-order valence-corrected chi connectivity index (χ2v) is 5.87. The van der Waals surface area contributed by atoms with E-state index in [1.807, 2.05) is 18.7 Å². The van der Waals surface area contributed by atoms with Crippen LogP contribution in [-0.4, -0.2) is 21.9 Å². The third-order valence-electron chi connectivity index (χ3n) is 2.79. The van der Waals surface area contributed by atoms with Gasteiger partial charge in [0.2, 0.25) is 0 Å². The lowest BCUT2D eigenvalue weighted by atomic mass is 10.3. The molecule has 1 aliphatic carbocycles. The van der Waals surface area contributed by atoms with Gasteiger partial charge in [-0.15, -0.1) is 0 Å². The van der Waals surface area contributed by atoms with Crippen molar-refractivity contribution in [2.45, 2.75) is 24.5 Å². The Labute approximate surface area is 98.0 Å². The van der Waals surface area contributed by atoms with Crippen molar-refractivity contribution in [3.63, 3.8) is 0 Å². The highest BCUT2D eigenvalue weighted by Crippen LogP contribution is 2.47. The average Bonchev–Trinajstić information content (AvgIpc) is 2.95. The van der Waals surface area contributed by atoms with Crippen molar-refractivity contribution in [2.75, 3.05) is 18.1 Å². The minimum atomic E-state index is 0.421. The second-order valence-electron chi connectivity index (χ2n) is 3.82. The van der Waals surface area contributed by atoms with Crippen LogP contribution in [0.2, 0.25) is 0 Å². The highest BCUT2D eigenvalue weighted by atomic mass is 32.2. The Bertz CT molecular complexity index is 401. The summed E-state index contributed by atoms with van der Waals surface area (Å²) in [4.78, 5) is 0. The first kappa shape index (κ1) is 10.8. The summed E-state index contributed by atoms with van der Waals surface area (Å²) in [5, 5.41) is 13.2. The van der Waals surface area contributed by atoms with Gasteiger partial charge in [0.15, 0.2) is 0 Å². The van der Waals surface area contributed by atoms with E-state index in [4.69, 9.17) is 5.26 Å². The van der Waals surface area contributed by atoms with Gasteiger partial charge in [-0.05, 0) is 37.6 Å². The van der Waals surface area contributed by atoms with Crippen molar-refractivity contribution in [2.24, 2.45) is 0 Å². The molecule has 1 N–H and O–H groups in total. The van der Waals surface area contributed by atoms with Crippen LogP contribution in [0.15, 0.2) is 0 Å². The second kappa shape index (κ2) is 4.03. The number of thioether (sulfide) groups is 1. The number of nitrogens with one attached hydrogen (secondary N) is 1. The summed E-state index contributed by atoms with van der Waals surface area (Å²) in [5.41, 5.74) is 1.54. The van der Waals surface area contributed by atoms with E-state index in [0.717, 1.165) is 17.2 Å². The molecule has 1 fully saturated rings. The largest absolute Gasteiger partial charge is 0.373 e. The fourth-order valence-electron chi connectivity index (χ4n) is 1.46. The maximum atomic E-state index is 8.96. The van der Waals surface area contributed by atoms with Gasteiger partial charge in [0.1, 0.15) is 16.6 Å². The molecule has 2 rings (SSSR count). The van der Waals surface area contributed by atoms with E-state index < -0.39 is 0 Å². The van der Waals surface area contributed by atoms with Gasteiger partial charge in [-0.3, -0.25) is 0 Å². The fourth-order valence-corrected chi connectivity index (χ4v) is 2.92. The average molecular weight is 239 g/mol. The molecule has 0 spiro atoms. The predicted octanol–water partition coefficient (Wildman–Crippen LogP) is 2.63. The maximum Gasteiger partial charge on any atom is 0.127 e. The third kappa shape index (κ3) is 2.11. The maximum absolute atomic E-state index is 8.96. The van der Waals surface area contributed by atoms with Crippen LogP contribution in [0.3, 0.4) is 0 Å². The van der Waals surface area contributed by atoms with Crippen LogP contribution >= 0.6 is 23.3 Å². The quantitative estimate of drug-likeness (QED) is 0.877. The zero-order chi connectivity index (χ0) is 10.9. The van der Waals surface area contributed by atoms with E-state index in [1.54, 1.807) is 0 Å². The Balaban J connectivity index is 2.03. The number of rotatable bonds is 4. The summed E-state index contributed by atoms with van der Waals surface area (Å²) in [5.74, 6) is 0. The number of nitrogens with zero attached hydrogens (tertiary/aromatic N) is 2. The first-order valence-corrected chi connectivity index (χ1v) is 6.86. The van der Waals surface area contributed by atoms with Gasteiger partial charge in [-0.1, -0.05) is 0 Å². The molecule has 1 saturated carbocycles. The Morgan fingerprint density at radius 3 is 2.93 bits per heavy atom. The van der Waals surface area contributed by atoms with Gasteiger partial charge in [0.25, 0.3) is 0 Å². The number of aryl methyl sites for hydroxylation is 1. The number of anilines is 1. The van der Waals surface area contributed by atoms with Gasteiger partial charge in [0, 0.05) is 11.3 Å². The monoisotopic (exact) mass is 239 g/mol. The van der Waals surface area contributed by atoms with Crippen LogP contribution in [0.4, 0.5) is 5.00 Å². The highest BCUT2D eigenvalue weighted by molar-refractivity contribution is 8.00. The SMILES string of the molecule is CSC1(CNc2snc(C)c2C#N)CC1. The Kier molecular flexibility index (Phi) is 2.89. The van der Waals surface area contributed by atoms with Crippen molar-refractivity contribution in [1.29, 1.82) is 5.26 Å². The lowest BCUT2D eigenvalue weighted by molar-refractivity contribution is 0.952. The Morgan fingerprint density at radius 2 is 2.40 bits per heavy atom. The van der Waals surface area contributed by atoms with Gasteiger partial charge >= 0.3 is 0 Å². The van der Waals surface area contributed by atoms with Gasteiger partial charge in [-0.2, -0.15) is 21.4 Å². The van der Waals surface area contributed by atoms with Crippen LogP contribution in [0.1, 0.15) is 24.1 Å². The summed E-state index contributed by atoms with van der Waals surface area (Å²) in [6.45, 7) is 2.83. The molecule has 1 aromatic rings. The molecule has 0 saturated heterocycles. The summed E-state index contributed by atoms with van der Waals surface area (Å²) in [7, 11) is 0. The van der Waals surface area contributed by atoms with Crippen molar-refractivity contribution < 1.29 is 0 Å². The fraction of sp³-hybridized carbons (Fsp3) is 0.600. The molecule has 0 atom stereocenters. The molecule has 15 heavy (non-hydrogen) atoms. The van der Waals surface area contributed by atoms with Crippen molar-refractivity contribution in [1.82, 2.24) is 4.37 Å². The van der Waals surface area contributed by atoms with E-state index in [1.165, 1.54) is 24.4 Å². The van der Waals surface area contributed by atoms with E-state index in [-0.39, 0.29) is 0 Å². The van der Waals surface area contributed by atoms with Gasteiger partial charge in [-0.25, -0.2) is 0 Å². The third-order valence-corrected chi connectivity index (χ3v) is 5.10. The molecule has 0 aromatic carbocycles. The van der Waals surface area contributed by atoms with Crippen LogP contribution in [0.25, 0.3) is 0 Å². The standard InChI is InChI=1S/C10H13N3S2/c1-7-8(5-11)9(15-13-7)12-6-10(14-2)3-4-10/h12H,3-4,6H2,1-2H3. The number of hydrogen-bond donors (Lipinski definition) is 1. The normalized spacial score (nSPS) is 17.1. The molecule has 1 heterocycles. The summed E-state index contributed by atoms with van der Waals surface area (Å²) in [6.07, 6.45) is 4.71. The van der Waals surface area contributed by atoms with E-state index in [2.05, 4.69) is 22.0 Å². The molecule has 0 bridgehead atoms. The van der Waals surface area contributed by atoms with Crippen LogP contribution in [0, 0.1) is 18.3 Å². The summed E-state index contributed by atoms with van der Waals surface area (Å²) < 4.78 is 4.61. The molecule has 3 nitrogen and oxygen atoms in total. The Hall–Kier alpha value is -0.730. The number of aromatic nitrogens is 1. The molecule has 80 valence electrons. The van der Waals surface area contributed by atoms with Crippen molar-refractivity contribution in [3.05, 3.63) is 11.3 Å². The van der Waals surface area contributed by atoms with Crippen LogP contribution < -0.4 is 5.32 Å². The highest BCUT2D eigenvalue weighted by Gasteiger charge is 2.41. The van der Waals surface area contributed by atoms with E-state index in [0.29, 0.717) is 10.3 Å². The molecule has 0 unspecified atom stereocenters. The van der Waals surface area contributed by atoms with Crippen molar-refractivity contribution in [3.8, 4) is 6.07 Å². The zero-order valence-electron chi connectivity index (χ0n) is 8.83. The van der Waals surface area contributed by atoms with E-state index >= 15 is 0 Å². The van der Waals surface area contributed by atoms with Gasteiger partial charge in [0.05, 0.1) is 5.69 Å². The van der Waals surface area contributed by atoms with Gasteiger partial charge < -0.3 is 5.32 Å². The minimum absolute atomic E-state index is 0.421. The molecule has 1 aromatic heterocycles. The molecule has 0 radical (unpaired) electrons. The number of hydrogen-bond acceptors (Lipinski definition) is 5. The predicted molar refractivity (Wildman–Crippen MR) is 65.5 cm³/mol. The first-order chi connectivity index (χ1) is 7.21. The minimum Gasteiger partial charge on any atom is -0.373 e. The smallest absolute Gasteiger partial charge is 0.127 e.